The molecule has 0 aliphatic rings. The van der Waals surface area contributed by atoms with E-state index in [0.717, 1.165) is 0 Å². The molecule has 2 aromatic rings. The van der Waals surface area contributed by atoms with E-state index >= 15 is 0 Å². The number of nitriles is 1. The normalized spacial score (nSPS) is 12.5. The van der Waals surface area contributed by atoms with Crippen LogP contribution in [-0.2, 0) is 9.53 Å². The van der Waals surface area contributed by atoms with Gasteiger partial charge in [-0.1, -0.05) is 30.1 Å². The van der Waals surface area contributed by atoms with Crippen molar-refractivity contribution in [1.82, 2.24) is 0 Å². The number of hydrogen-bond donors (Lipinski definition) is 0. The Morgan fingerprint density at radius 2 is 2.12 bits per heavy atom. The lowest BCUT2D eigenvalue weighted by Gasteiger charge is -2.09. The number of nitrogens with zero attached hydrogens (tertiary/aromatic N) is 1. The number of halogens is 2. The molecule has 1 heterocycles. The summed E-state index contributed by atoms with van der Waals surface area (Å²) in [5.74, 6) is 0.158. The van der Waals surface area contributed by atoms with Gasteiger partial charge in [0, 0.05) is 16.7 Å². The van der Waals surface area contributed by atoms with Gasteiger partial charge < -0.3 is 9.15 Å². The highest BCUT2D eigenvalue weighted by Gasteiger charge is 2.15. The Bertz CT molecular complexity index is 818. The van der Waals surface area contributed by atoms with Crippen LogP contribution in [0.15, 0.2) is 40.3 Å². The van der Waals surface area contributed by atoms with Gasteiger partial charge in [0.25, 0.3) is 0 Å². The summed E-state index contributed by atoms with van der Waals surface area (Å²) in [7, 11) is 0. The summed E-state index contributed by atoms with van der Waals surface area (Å²) in [4.78, 5) is 11.9. The minimum Gasteiger partial charge on any atom is -0.459 e. The highest BCUT2D eigenvalue weighted by atomic mass is 35.5. The van der Waals surface area contributed by atoms with Gasteiger partial charge in [-0.3, -0.25) is 0 Å². The van der Waals surface area contributed by atoms with E-state index in [2.05, 4.69) is 0 Å². The molecule has 0 fully saturated rings. The summed E-state index contributed by atoms with van der Waals surface area (Å²) in [6, 6.07) is 10.2. The molecular weight excluding hydrogens is 349 g/mol. The topological polar surface area (TPSA) is 63.2 Å². The van der Waals surface area contributed by atoms with Crippen LogP contribution < -0.4 is 0 Å². The number of furan rings is 1. The second-order valence-electron chi connectivity index (χ2n) is 5.12. The molecule has 124 valence electrons. The quantitative estimate of drug-likeness (QED) is 0.399. The summed E-state index contributed by atoms with van der Waals surface area (Å²) < 4.78 is 10.8. The first-order valence-corrected chi connectivity index (χ1v) is 8.08. The van der Waals surface area contributed by atoms with E-state index in [0.29, 0.717) is 33.6 Å². The van der Waals surface area contributed by atoms with Gasteiger partial charge in [-0.05, 0) is 43.7 Å². The Morgan fingerprint density at radius 3 is 2.79 bits per heavy atom. The van der Waals surface area contributed by atoms with Gasteiger partial charge in [-0.15, -0.1) is 0 Å². The van der Waals surface area contributed by atoms with Crippen LogP contribution in [0.1, 0.15) is 26.0 Å². The van der Waals surface area contributed by atoms with Crippen LogP contribution in [0.25, 0.3) is 17.4 Å². The van der Waals surface area contributed by atoms with Gasteiger partial charge in [0.05, 0.1) is 11.1 Å². The Morgan fingerprint density at radius 1 is 1.38 bits per heavy atom. The third-order valence-corrected chi connectivity index (χ3v) is 3.90. The van der Waals surface area contributed by atoms with E-state index in [9.17, 15) is 4.79 Å². The summed E-state index contributed by atoms with van der Waals surface area (Å²) >= 11 is 12.1. The van der Waals surface area contributed by atoms with Gasteiger partial charge >= 0.3 is 5.97 Å². The van der Waals surface area contributed by atoms with Gasteiger partial charge in [-0.25, -0.2) is 4.79 Å². The highest BCUT2D eigenvalue weighted by Crippen LogP contribution is 2.32. The van der Waals surface area contributed by atoms with E-state index in [1.165, 1.54) is 6.08 Å². The van der Waals surface area contributed by atoms with Crippen molar-refractivity contribution in [3.63, 3.8) is 0 Å². The minimum atomic E-state index is -0.675. The molecule has 0 aliphatic heterocycles. The number of hydrogen-bond acceptors (Lipinski definition) is 4. The second-order valence-corrected chi connectivity index (χ2v) is 5.96. The van der Waals surface area contributed by atoms with E-state index in [1.54, 1.807) is 37.3 Å². The number of ether oxygens (including phenoxy) is 1. The van der Waals surface area contributed by atoms with E-state index in [4.69, 9.17) is 37.6 Å². The predicted molar refractivity (Wildman–Crippen MR) is 93.6 cm³/mol. The average molecular weight is 364 g/mol. The maximum atomic E-state index is 11.9. The molecule has 1 aromatic carbocycles. The van der Waals surface area contributed by atoms with Crippen LogP contribution in [0.4, 0.5) is 0 Å². The van der Waals surface area contributed by atoms with Crippen molar-refractivity contribution in [1.29, 1.82) is 5.26 Å². The second kappa shape index (κ2) is 8.05. The molecule has 0 amide bonds. The number of benzene rings is 1. The SMILES string of the molecule is CC[C@@H](C)OC(=O)/C(C#N)=C/c1ccc(-c2cc(Cl)ccc2Cl)o1. The van der Waals surface area contributed by atoms with Crippen molar-refractivity contribution in [2.24, 2.45) is 0 Å². The van der Waals surface area contributed by atoms with Crippen molar-refractivity contribution in [3.05, 3.63) is 51.7 Å². The molecule has 4 nitrogen and oxygen atoms in total. The molecule has 0 bridgehead atoms. The molecule has 1 aromatic heterocycles. The first kappa shape index (κ1) is 18.1. The molecule has 2 rings (SSSR count). The van der Waals surface area contributed by atoms with E-state index in [1.807, 2.05) is 13.0 Å². The van der Waals surface area contributed by atoms with Gasteiger partial charge in [0.15, 0.2) is 0 Å². The third-order valence-electron chi connectivity index (χ3n) is 3.33. The monoisotopic (exact) mass is 363 g/mol. The Labute approximate surface area is 150 Å². The summed E-state index contributed by atoms with van der Waals surface area (Å²) in [5.41, 5.74) is 0.498. The van der Waals surface area contributed by atoms with Crippen molar-refractivity contribution < 1.29 is 13.9 Å². The lowest BCUT2D eigenvalue weighted by atomic mass is 10.2. The zero-order valence-corrected chi connectivity index (χ0v) is 14.7. The van der Waals surface area contributed by atoms with Gasteiger partial charge in [0.2, 0.25) is 0 Å². The Kier molecular flexibility index (Phi) is 6.08. The number of carbonyl (C=O) groups excluding carboxylic acids is 1. The highest BCUT2D eigenvalue weighted by molar-refractivity contribution is 6.35. The summed E-state index contributed by atoms with van der Waals surface area (Å²) in [6.07, 6.45) is 1.75. The molecule has 0 aliphatic carbocycles. The largest absolute Gasteiger partial charge is 0.459 e. The number of carbonyl (C=O) groups is 1. The van der Waals surface area contributed by atoms with Crippen LogP contribution >= 0.6 is 23.2 Å². The molecule has 1 atom stereocenters. The fraction of sp³-hybridized carbons (Fsp3) is 0.222. The van der Waals surface area contributed by atoms with Crippen LogP contribution in [0.3, 0.4) is 0 Å². The fourth-order valence-electron chi connectivity index (χ4n) is 1.87. The third kappa shape index (κ3) is 4.41. The fourth-order valence-corrected chi connectivity index (χ4v) is 2.25. The minimum absolute atomic E-state index is 0.131. The van der Waals surface area contributed by atoms with Crippen molar-refractivity contribution >= 4 is 35.2 Å². The van der Waals surface area contributed by atoms with Gasteiger partial charge in [0.1, 0.15) is 23.2 Å². The molecule has 0 radical (unpaired) electrons. The first-order valence-electron chi connectivity index (χ1n) is 7.32. The Hall–Kier alpha value is -2.22. The molecule has 0 spiro atoms. The maximum absolute atomic E-state index is 11.9. The lowest BCUT2D eigenvalue weighted by molar-refractivity contribution is -0.142. The zero-order chi connectivity index (χ0) is 17.7. The van der Waals surface area contributed by atoms with Crippen molar-refractivity contribution in [2.75, 3.05) is 0 Å². The molecule has 0 saturated heterocycles. The van der Waals surface area contributed by atoms with E-state index in [-0.39, 0.29) is 11.7 Å². The van der Waals surface area contributed by atoms with Crippen molar-refractivity contribution in [2.45, 2.75) is 26.4 Å². The standard InChI is InChI=1S/C18H15Cl2NO3/c1-3-11(2)23-18(22)12(10-21)8-14-5-7-17(24-14)15-9-13(19)4-6-16(15)20/h4-9,11H,3H2,1-2H3/b12-8+/t11-/m1/s1. The lowest BCUT2D eigenvalue weighted by Crippen LogP contribution is -2.15. The predicted octanol–water partition coefficient (Wildman–Crippen LogP) is 5.50. The van der Waals surface area contributed by atoms with Crippen LogP contribution in [-0.4, -0.2) is 12.1 Å². The molecule has 6 heteroatoms. The number of esters is 1. The Balaban J connectivity index is 2.28. The summed E-state index contributed by atoms with van der Waals surface area (Å²) in [6.45, 7) is 3.65. The average Bonchev–Trinajstić information content (AvgIpc) is 3.02. The van der Waals surface area contributed by atoms with Crippen LogP contribution in [0.2, 0.25) is 10.0 Å². The number of rotatable bonds is 5. The summed E-state index contributed by atoms with van der Waals surface area (Å²) in [5, 5.41) is 10.2. The van der Waals surface area contributed by atoms with E-state index < -0.39 is 5.97 Å². The first-order chi connectivity index (χ1) is 11.4. The maximum Gasteiger partial charge on any atom is 0.349 e. The smallest absolute Gasteiger partial charge is 0.349 e. The molecule has 0 N–H and O–H groups in total. The zero-order valence-electron chi connectivity index (χ0n) is 13.2. The van der Waals surface area contributed by atoms with Gasteiger partial charge in [-0.2, -0.15) is 5.26 Å². The van der Waals surface area contributed by atoms with Crippen LogP contribution in [0.5, 0.6) is 0 Å². The molecular formula is C18H15Cl2NO3. The molecule has 0 unspecified atom stereocenters. The molecule has 24 heavy (non-hydrogen) atoms. The van der Waals surface area contributed by atoms with Crippen molar-refractivity contribution in [3.8, 4) is 17.4 Å². The van der Waals surface area contributed by atoms with Crippen LogP contribution in [0, 0.1) is 11.3 Å². The molecule has 0 saturated carbocycles.